The van der Waals surface area contributed by atoms with Crippen molar-refractivity contribution in [3.8, 4) is 0 Å². The summed E-state index contributed by atoms with van der Waals surface area (Å²) in [6.07, 6.45) is 1.17. The minimum absolute atomic E-state index is 0. The van der Waals surface area contributed by atoms with Gasteiger partial charge in [-0.15, -0.1) is 24.0 Å². The lowest BCUT2D eigenvalue weighted by Crippen LogP contribution is -2.72. The fraction of sp³-hybridized carbons (Fsp3) is 0.933. The lowest BCUT2D eigenvalue weighted by molar-refractivity contribution is -0.0668. The van der Waals surface area contributed by atoms with Gasteiger partial charge in [0.05, 0.1) is 12.8 Å². The number of guanidine groups is 1. The highest BCUT2D eigenvalue weighted by Gasteiger charge is 2.53. The van der Waals surface area contributed by atoms with Crippen LogP contribution in [0.4, 0.5) is 0 Å². The normalized spacial score (nSPS) is 20.5. The smallest absolute Gasteiger partial charge is 0.209 e. The summed E-state index contributed by atoms with van der Waals surface area (Å²) in [6.45, 7) is 16.7. The average Bonchev–Trinajstić information content (AvgIpc) is 2.29. The molecule has 6 nitrogen and oxygen atoms in total. The molecule has 0 atom stereocenters. The Morgan fingerprint density at radius 1 is 1.26 bits per heavy atom. The molecule has 0 aliphatic carbocycles. The van der Waals surface area contributed by atoms with E-state index in [0.717, 1.165) is 19.0 Å². The number of nitrogens with zero attached hydrogens (tertiary/aromatic N) is 2. The molecule has 138 valence electrons. The largest absolute Gasteiger partial charge is 0.356 e. The highest BCUT2D eigenvalue weighted by atomic mass is 127. The minimum atomic E-state index is -3.25. The zero-order chi connectivity index (χ0) is 17.4. The molecule has 0 bridgehead atoms. The zero-order valence-corrected chi connectivity index (χ0v) is 18.8. The van der Waals surface area contributed by atoms with E-state index in [4.69, 9.17) is 0 Å². The maximum atomic E-state index is 11.4. The van der Waals surface area contributed by atoms with Crippen LogP contribution in [0.1, 0.15) is 48.5 Å². The molecule has 0 spiro atoms. The molecule has 1 aliphatic rings. The third-order valence-corrected chi connectivity index (χ3v) is 5.48. The molecule has 1 saturated heterocycles. The van der Waals surface area contributed by atoms with Crippen molar-refractivity contribution in [2.24, 2.45) is 10.4 Å². The number of aliphatic imine (C=N–C) groups is 1. The molecule has 0 saturated carbocycles. The van der Waals surface area contributed by atoms with Gasteiger partial charge in [0.1, 0.15) is 0 Å². The quantitative estimate of drug-likeness (QED) is 0.374. The molecule has 23 heavy (non-hydrogen) atoms. The van der Waals surface area contributed by atoms with Crippen molar-refractivity contribution in [2.45, 2.75) is 59.5 Å². The summed E-state index contributed by atoms with van der Waals surface area (Å²) < 4.78 is 25.5. The summed E-state index contributed by atoms with van der Waals surface area (Å²) >= 11 is 0. The van der Waals surface area contributed by atoms with Gasteiger partial charge in [0.2, 0.25) is 10.0 Å². The maximum Gasteiger partial charge on any atom is 0.209 e. The van der Waals surface area contributed by atoms with Gasteiger partial charge in [0.25, 0.3) is 0 Å². The molecule has 0 amide bonds. The number of likely N-dealkylation sites (tertiary alicyclic amines) is 1. The number of rotatable bonds is 5. The third-order valence-electron chi connectivity index (χ3n) is 4.56. The summed E-state index contributed by atoms with van der Waals surface area (Å²) in [6, 6.07) is 0. The fourth-order valence-electron chi connectivity index (χ4n) is 2.60. The Morgan fingerprint density at radius 2 is 1.78 bits per heavy atom. The Morgan fingerprint density at radius 3 is 2.13 bits per heavy atom. The first-order valence-electron chi connectivity index (χ1n) is 7.77. The van der Waals surface area contributed by atoms with E-state index in [1.165, 1.54) is 6.26 Å². The van der Waals surface area contributed by atoms with Crippen molar-refractivity contribution in [2.75, 3.05) is 25.9 Å². The van der Waals surface area contributed by atoms with E-state index >= 15 is 0 Å². The highest BCUT2D eigenvalue weighted by molar-refractivity contribution is 14.0. The lowest BCUT2D eigenvalue weighted by atomic mass is 9.65. The van der Waals surface area contributed by atoms with Crippen molar-refractivity contribution in [3.63, 3.8) is 0 Å². The lowest BCUT2D eigenvalue weighted by Gasteiger charge is -2.62. The van der Waals surface area contributed by atoms with Crippen LogP contribution in [0.3, 0.4) is 0 Å². The van der Waals surface area contributed by atoms with Crippen LogP contribution in [0.2, 0.25) is 0 Å². The topological polar surface area (TPSA) is 73.8 Å². The predicted molar refractivity (Wildman–Crippen MR) is 108 cm³/mol. The fourth-order valence-corrected chi connectivity index (χ4v) is 3.67. The summed E-state index contributed by atoms with van der Waals surface area (Å²) in [5, 5.41) is 3.31. The molecule has 2 N–H and O–H groups in total. The molecular formula is C15H33IN4O2S. The maximum absolute atomic E-state index is 11.4. The highest BCUT2D eigenvalue weighted by Crippen LogP contribution is 2.46. The Hall–Kier alpha value is -0.0900. The van der Waals surface area contributed by atoms with Gasteiger partial charge >= 0.3 is 0 Å². The van der Waals surface area contributed by atoms with Crippen LogP contribution in [0.5, 0.6) is 0 Å². The van der Waals surface area contributed by atoms with E-state index in [1.54, 1.807) is 0 Å². The van der Waals surface area contributed by atoms with Crippen LogP contribution >= 0.6 is 24.0 Å². The Bertz CT molecular complexity index is 542. The van der Waals surface area contributed by atoms with E-state index in [2.05, 4.69) is 47.6 Å². The SMILES string of the molecule is CCNC(=NCC(C)(C)NS(C)(=O)=O)N1CC(C)(C)C1(C)C.I. The molecule has 1 rings (SSSR count). The van der Waals surface area contributed by atoms with Gasteiger partial charge in [0, 0.05) is 29.6 Å². The van der Waals surface area contributed by atoms with Crippen LogP contribution in [-0.2, 0) is 10.0 Å². The van der Waals surface area contributed by atoms with Gasteiger partial charge in [0.15, 0.2) is 5.96 Å². The van der Waals surface area contributed by atoms with Gasteiger partial charge in [-0.05, 0) is 34.6 Å². The second kappa shape index (κ2) is 7.43. The van der Waals surface area contributed by atoms with Crippen LogP contribution < -0.4 is 10.0 Å². The van der Waals surface area contributed by atoms with E-state index in [9.17, 15) is 8.42 Å². The molecule has 0 unspecified atom stereocenters. The Balaban J connectivity index is 0.00000484. The zero-order valence-electron chi connectivity index (χ0n) is 15.6. The summed E-state index contributed by atoms with van der Waals surface area (Å²) in [4.78, 5) is 6.91. The van der Waals surface area contributed by atoms with Crippen LogP contribution in [0.15, 0.2) is 4.99 Å². The molecule has 1 heterocycles. The van der Waals surface area contributed by atoms with Gasteiger partial charge < -0.3 is 10.2 Å². The molecular weight excluding hydrogens is 427 g/mol. The first-order chi connectivity index (χ1) is 9.72. The van der Waals surface area contributed by atoms with Gasteiger partial charge in [-0.1, -0.05) is 13.8 Å². The van der Waals surface area contributed by atoms with E-state index < -0.39 is 15.6 Å². The monoisotopic (exact) mass is 460 g/mol. The average molecular weight is 460 g/mol. The van der Waals surface area contributed by atoms with E-state index in [0.29, 0.717) is 6.54 Å². The number of nitrogens with one attached hydrogen (secondary N) is 2. The van der Waals surface area contributed by atoms with Crippen LogP contribution in [0.25, 0.3) is 0 Å². The van der Waals surface area contributed by atoms with E-state index in [-0.39, 0.29) is 34.9 Å². The van der Waals surface area contributed by atoms with Gasteiger partial charge in [-0.2, -0.15) is 0 Å². The molecule has 8 heteroatoms. The number of hydrogen-bond acceptors (Lipinski definition) is 3. The Labute approximate surface area is 159 Å². The molecule has 0 radical (unpaired) electrons. The van der Waals surface area contributed by atoms with Crippen molar-refractivity contribution in [3.05, 3.63) is 0 Å². The molecule has 1 aliphatic heterocycles. The van der Waals surface area contributed by atoms with Crippen molar-refractivity contribution in [1.82, 2.24) is 14.9 Å². The second-order valence-electron chi connectivity index (χ2n) is 7.96. The Kier molecular flexibility index (Phi) is 7.40. The molecule has 0 aromatic heterocycles. The van der Waals surface area contributed by atoms with Crippen molar-refractivity contribution in [1.29, 1.82) is 0 Å². The summed E-state index contributed by atoms with van der Waals surface area (Å²) in [7, 11) is -3.25. The first-order valence-corrected chi connectivity index (χ1v) is 9.66. The number of sulfonamides is 1. The molecule has 0 aromatic carbocycles. The molecule has 0 aromatic rings. The van der Waals surface area contributed by atoms with Crippen LogP contribution in [-0.4, -0.2) is 56.2 Å². The predicted octanol–water partition coefficient (Wildman–Crippen LogP) is 2.02. The second-order valence-corrected chi connectivity index (χ2v) is 9.71. The third kappa shape index (κ3) is 5.74. The molecule has 1 fully saturated rings. The van der Waals surface area contributed by atoms with Crippen molar-refractivity contribution >= 4 is 40.0 Å². The number of hydrogen-bond donors (Lipinski definition) is 2. The van der Waals surface area contributed by atoms with Crippen LogP contribution in [0, 0.1) is 5.41 Å². The summed E-state index contributed by atoms with van der Waals surface area (Å²) in [5.74, 6) is 0.843. The standard InChI is InChI=1S/C15H32N4O2S.HI/c1-9-16-12(19-11-13(2,3)15(19,6)7)17-10-14(4,5)18-22(8,20)21;/h18H,9-11H2,1-8H3,(H,16,17);1H. The minimum Gasteiger partial charge on any atom is -0.356 e. The number of halogens is 1. The van der Waals surface area contributed by atoms with Gasteiger partial charge in [-0.3, -0.25) is 4.99 Å². The van der Waals surface area contributed by atoms with E-state index in [1.807, 2.05) is 20.8 Å². The first kappa shape index (κ1) is 22.9. The summed E-state index contributed by atoms with van der Waals surface area (Å²) in [5.41, 5.74) is -0.370. The van der Waals surface area contributed by atoms with Gasteiger partial charge in [-0.25, -0.2) is 13.1 Å². The van der Waals surface area contributed by atoms with Crippen molar-refractivity contribution < 1.29 is 8.42 Å².